The van der Waals surface area contributed by atoms with Crippen LogP contribution in [0.15, 0.2) is 0 Å². The monoisotopic (exact) mass is 252 g/mol. The molecule has 0 aromatic carbocycles. The highest BCUT2D eigenvalue weighted by Crippen LogP contribution is 2.32. The predicted molar refractivity (Wildman–Crippen MR) is 74.4 cm³/mol. The maximum atomic E-state index is 12.5. The minimum atomic E-state index is 0.263. The van der Waals surface area contributed by atoms with Crippen LogP contribution in [-0.2, 0) is 4.79 Å². The first-order valence-corrected chi connectivity index (χ1v) is 7.69. The SMILES string of the molecule is CCC(CC1CCCC1)C(=O)N(C)C1CCNC1. The predicted octanol–water partition coefficient (Wildman–Crippen LogP) is 2.41. The third-order valence-corrected chi connectivity index (χ3v) is 4.86. The molecule has 0 bridgehead atoms. The standard InChI is InChI=1S/C15H28N2O/c1-3-13(10-12-6-4-5-7-12)15(18)17(2)14-8-9-16-11-14/h12-14,16H,3-11H2,1-2H3. The maximum absolute atomic E-state index is 12.5. The Bertz CT molecular complexity index is 268. The lowest BCUT2D eigenvalue weighted by molar-refractivity contribution is -0.136. The van der Waals surface area contributed by atoms with E-state index in [9.17, 15) is 4.79 Å². The van der Waals surface area contributed by atoms with E-state index in [1.54, 1.807) is 0 Å². The summed E-state index contributed by atoms with van der Waals surface area (Å²) in [6.07, 6.45) is 8.67. The maximum Gasteiger partial charge on any atom is 0.225 e. The molecule has 3 heteroatoms. The molecule has 3 nitrogen and oxygen atoms in total. The zero-order chi connectivity index (χ0) is 13.0. The van der Waals surface area contributed by atoms with Crippen LogP contribution in [0.5, 0.6) is 0 Å². The second kappa shape index (κ2) is 6.55. The molecule has 0 spiro atoms. The fourth-order valence-corrected chi connectivity index (χ4v) is 3.53. The Balaban J connectivity index is 1.87. The lowest BCUT2D eigenvalue weighted by atomic mass is 9.90. The van der Waals surface area contributed by atoms with Crippen LogP contribution < -0.4 is 5.32 Å². The number of nitrogens with one attached hydrogen (secondary N) is 1. The molecule has 2 aliphatic rings. The van der Waals surface area contributed by atoms with Gasteiger partial charge >= 0.3 is 0 Å². The molecule has 104 valence electrons. The Hall–Kier alpha value is -0.570. The molecule has 18 heavy (non-hydrogen) atoms. The molecule has 1 amide bonds. The summed E-state index contributed by atoms with van der Waals surface area (Å²) in [5, 5.41) is 3.34. The first-order chi connectivity index (χ1) is 8.72. The number of carbonyl (C=O) groups excluding carboxylic acids is 1. The van der Waals surface area contributed by atoms with Gasteiger partial charge in [-0.05, 0) is 31.7 Å². The average Bonchev–Trinajstić information content (AvgIpc) is 3.06. The number of likely N-dealkylation sites (N-methyl/N-ethyl adjacent to an activating group) is 1. The fraction of sp³-hybridized carbons (Fsp3) is 0.933. The molecule has 2 rings (SSSR count). The summed E-state index contributed by atoms with van der Waals surface area (Å²) < 4.78 is 0. The Kier molecular flexibility index (Phi) is 5.04. The van der Waals surface area contributed by atoms with Crippen LogP contribution in [-0.4, -0.2) is 37.0 Å². The second-order valence-corrected chi connectivity index (χ2v) is 6.09. The van der Waals surface area contributed by atoms with E-state index in [0.717, 1.165) is 38.3 Å². The highest BCUT2D eigenvalue weighted by Gasteiger charge is 2.30. The van der Waals surface area contributed by atoms with Crippen LogP contribution in [0.3, 0.4) is 0 Å². The van der Waals surface area contributed by atoms with E-state index in [1.165, 1.54) is 25.7 Å². The minimum Gasteiger partial charge on any atom is -0.341 e. The van der Waals surface area contributed by atoms with E-state index in [1.807, 2.05) is 11.9 Å². The summed E-state index contributed by atoms with van der Waals surface area (Å²) in [5.41, 5.74) is 0. The number of rotatable bonds is 5. The molecule has 1 aliphatic carbocycles. The van der Waals surface area contributed by atoms with Crippen LogP contribution in [0.1, 0.15) is 51.9 Å². The summed E-state index contributed by atoms with van der Waals surface area (Å²) in [6, 6.07) is 0.426. The van der Waals surface area contributed by atoms with Gasteiger partial charge in [0.15, 0.2) is 0 Å². The number of hydrogen-bond acceptors (Lipinski definition) is 2. The van der Waals surface area contributed by atoms with Gasteiger partial charge in [-0.15, -0.1) is 0 Å². The number of amides is 1. The molecule has 1 saturated carbocycles. The average molecular weight is 252 g/mol. The van der Waals surface area contributed by atoms with Gasteiger partial charge in [0.05, 0.1) is 0 Å². The Morgan fingerprint density at radius 2 is 2.06 bits per heavy atom. The van der Waals surface area contributed by atoms with Crippen molar-refractivity contribution in [3.05, 3.63) is 0 Å². The van der Waals surface area contributed by atoms with Crippen LogP contribution in [0, 0.1) is 11.8 Å². The third kappa shape index (κ3) is 3.25. The molecule has 1 aliphatic heterocycles. The molecule has 0 aromatic heterocycles. The summed E-state index contributed by atoms with van der Waals surface area (Å²) >= 11 is 0. The van der Waals surface area contributed by atoms with Gasteiger partial charge in [-0.2, -0.15) is 0 Å². The normalized spacial score (nSPS) is 26.4. The Morgan fingerprint density at radius 1 is 1.33 bits per heavy atom. The largest absolute Gasteiger partial charge is 0.341 e. The van der Waals surface area contributed by atoms with Crippen molar-refractivity contribution < 1.29 is 4.79 Å². The van der Waals surface area contributed by atoms with Gasteiger partial charge in [0.25, 0.3) is 0 Å². The summed E-state index contributed by atoms with van der Waals surface area (Å²) in [4.78, 5) is 14.6. The minimum absolute atomic E-state index is 0.263. The summed E-state index contributed by atoms with van der Waals surface area (Å²) in [6.45, 7) is 4.20. The van der Waals surface area contributed by atoms with Crippen LogP contribution in [0.2, 0.25) is 0 Å². The first-order valence-electron chi connectivity index (χ1n) is 7.69. The fourth-order valence-electron chi connectivity index (χ4n) is 3.53. The van der Waals surface area contributed by atoms with Crippen molar-refractivity contribution in [2.24, 2.45) is 11.8 Å². The summed E-state index contributed by atoms with van der Waals surface area (Å²) in [7, 11) is 2.00. The lowest BCUT2D eigenvalue weighted by Crippen LogP contribution is -2.42. The number of carbonyl (C=O) groups is 1. The van der Waals surface area contributed by atoms with Crippen molar-refractivity contribution in [1.29, 1.82) is 0 Å². The van der Waals surface area contributed by atoms with Gasteiger partial charge in [-0.3, -0.25) is 4.79 Å². The number of nitrogens with zero attached hydrogens (tertiary/aromatic N) is 1. The lowest BCUT2D eigenvalue weighted by Gasteiger charge is -2.29. The zero-order valence-corrected chi connectivity index (χ0v) is 12.0. The molecule has 0 aromatic rings. The van der Waals surface area contributed by atoms with E-state index < -0.39 is 0 Å². The second-order valence-electron chi connectivity index (χ2n) is 6.09. The molecule has 1 heterocycles. The van der Waals surface area contributed by atoms with Gasteiger partial charge in [0.2, 0.25) is 5.91 Å². The van der Waals surface area contributed by atoms with Crippen molar-refractivity contribution in [3.8, 4) is 0 Å². The Labute approximate surface area is 111 Å². The highest BCUT2D eigenvalue weighted by molar-refractivity contribution is 5.79. The van der Waals surface area contributed by atoms with Gasteiger partial charge < -0.3 is 10.2 Å². The third-order valence-electron chi connectivity index (χ3n) is 4.86. The molecule has 0 radical (unpaired) electrons. The Morgan fingerprint density at radius 3 is 2.61 bits per heavy atom. The van der Waals surface area contributed by atoms with Crippen molar-refractivity contribution in [1.82, 2.24) is 10.2 Å². The molecule has 1 saturated heterocycles. The van der Waals surface area contributed by atoms with Crippen molar-refractivity contribution >= 4 is 5.91 Å². The van der Waals surface area contributed by atoms with Crippen molar-refractivity contribution in [2.75, 3.05) is 20.1 Å². The molecular weight excluding hydrogens is 224 g/mol. The van der Waals surface area contributed by atoms with Crippen LogP contribution >= 0.6 is 0 Å². The van der Waals surface area contributed by atoms with E-state index >= 15 is 0 Å². The van der Waals surface area contributed by atoms with Gasteiger partial charge in [0, 0.05) is 25.6 Å². The first kappa shape index (κ1) is 13.9. The molecule has 2 unspecified atom stereocenters. The van der Waals surface area contributed by atoms with Crippen LogP contribution in [0.25, 0.3) is 0 Å². The zero-order valence-electron chi connectivity index (χ0n) is 12.0. The smallest absolute Gasteiger partial charge is 0.225 e. The number of hydrogen-bond donors (Lipinski definition) is 1. The van der Waals surface area contributed by atoms with Crippen molar-refractivity contribution in [2.45, 2.75) is 57.9 Å². The van der Waals surface area contributed by atoms with E-state index in [-0.39, 0.29) is 5.92 Å². The van der Waals surface area contributed by atoms with Crippen molar-refractivity contribution in [3.63, 3.8) is 0 Å². The van der Waals surface area contributed by atoms with E-state index in [4.69, 9.17) is 0 Å². The van der Waals surface area contributed by atoms with E-state index in [2.05, 4.69) is 12.2 Å². The molecule has 2 fully saturated rings. The van der Waals surface area contributed by atoms with Gasteiger partial charge in [-0.1, -0.05) is 32.6 Å². The highest BCUT2D eigenvalue weighted by atomic mass is 16.2. The molecule has 2 atom stereocenters. The molecule has 1 N–H and O–H groups in total. The van der Waals surface area contributed by atoms with Crippen LogP contribution in [0.4, 0.5) is 0 Å². The van der Waals surface area contributed by atoms with Gasteiger partial charge in [0.1, 0.15) is 0 Å². The molecular formula is C15H28N2O. The quantitative estimate of drug-likeness (QED) is 0.815. The van der Waals surface area contributed by atoms with E-state index in [0.29, 0.717) is 11.9 Å². The summed E-state index contributed by atoms with van der Waals surface area (Å²) in [5.74, 6) is 1.46. The topological polar surface area (TPSA) is 32.3 Å². The van der Waals surface area contributed by atoms with Gasteiger partial charge in [-0.25, -0.2) is 0 Å².